The number of alkyl halides is 2. The molecule has 0 aromatic heterocycles. The fourth-order valence-corrected chi connectivity index (χ4v) is 1.91. The average Bonchev–Trinajstić information content (AvgIpc) is 2.26. The minimum absolute atomic E-state index is 0.255. The van der Waals surface area contributed by atoms with E-state index in [2.05, 4.69) is 11.7 Å². The van der Waals surface area contributed by atoms with Crippen LogP contribution in [-0.2, 0) is 14.9 Å². The second kappa shape index (κ2) is 8.81. The molecule has 0 rings (SSSR count). The second-order valence-electron chi connectivity index (χ2n) is 4.69. The smallest absolute Gasteiger partial charge is 0.356 e. The number of ether oxygens (including phenoxy) is 1. The minimum atomic E-state index is -4.83. The summed E-state index contributed by atoms with van der Waals surface area (Å²) < 4.78 is 61.8. The minimum Gasteiger partial charge on any atom is -0.746 e. The van der Waals surface area contributed by atoms with Crippen LogP contribution in [0.15, 0.2) is 0 Å². The fraction of sp³-hybridized carbons (Fsp3) is 1.00. The van der Waals surface area contributed by atoms with Crippen LogP contribution in [-0.4, -0.2) is 24.5 Å². The molecule has 0 bridgehead atoms. The summed E-state index contributed by atoms with van der Waals surface area (Å²) in [4.78, 5) is 0. The van der Waals surface area contributed by atoms with Crippen molar-refractivity contribution in [1.82, 2.24) is 0 Å². The van der Waals surface area contributed by atoms with Gasteiger partial charge in [-0.05, 0) is 13.3 Å². The van der Waals surface area contributed by atoms with Crippen LogP contribution in [0.2, 0.25) is 0 Å². The first kappa shape index (κ1) is 18.7. The zero-order valence-corrected chi connectivity index (χ0v) is 12.3. The van der Waals surface area contributed by atoms with Crippen LogP contribution in [0, 0.1) is 0 Å². The molecule has 1 atom stereocenters. The Morgan fingerprint density at radius 2 is 1.58 bits per heavy atom. The molecule has 0 amide bonds. The van der Waals surface area contributed by atoms with Crippen LogP contribution in [0.4, 0.5) is 8.78 Å². The van der Waals surface area contributed by atoms with Crippen molar-refractivity contribution in [3.63, 3.8) is 0 Å². The van der Waals surface area contributed by atoms with Crippen LogP contribution < -0.4 is 0 Å². The molecular weight excluding hydrogens is 278 g/mol. The van der Waals surface area contributed by atoms with Crippen molar-refractivity contribution in [2.24, 2.45) is 0 Å². The molecular formula is C12H23F2O4S-. The third kappa shape index (κ3) is 10.2. The third-order valence-electron chi connectivity index (χ3n) is 2.82. The highest BCUT2D eigenvalue weighted by molar-refractivity contribution is 7.86. The molecule has 0 saturated carbocycles. The normalized spacial score (nSPS) is 14.6. The molecule has 0 aliphatic carbocycles. The number of hydrogen-bond donors (Lipinski definition) is 0. The van der Waals surface area contributed by atoms with E-state index in [9.17, 15) is 21.8 Å². The molecule has 0 radical (unpaired) electrons. The number of hydrogen-bond acceptors (Lipinski definition) is 4. The standard InChI is InChI=1S/C12H24F2O4S/c1-3-4-5-6-7-8-9-10-12(13,14)18-11(2)19(15,16)17/h11H,3-10H2,1-2H3,(H,15,16,17)/p-1. The highest BCUT2D eigenvalue weighted by atomic mass is 32.2. The first-order valence-electron chi connectivity index (χ1n) is 6.69. The van der Waals surface area contributed by atoms with Gasteiger partial charge < -0.3 is 9.29 Å². The van der Waals surface area contributed by atoms with Gasteiger partial charge in [0.1, 0.15) is 10.1 Å². The predicted octanol–water partition coefficient (Wildman–Crippen LogP) is 3.63. The molecule has 7 heteroatoms. The maximum absolute atomic E-state index is 13.2. The van der Waals surface area contributed by atoms with Gasteiger partial charge in [0.2, 0.25) is 0 Å². The molecule has 0 heterocycles. The van der Waals surface area contributed by atoms with E-state index < -0.39 is 28.1 Å². The monoisotopic (exact) mass is 301 g/mol. The molecule has 0 saturated heterocycles. The van der Waals surface area contributed by atoms with E-state index in [-0.39, 0.29) is 6.42 Å². The molecule has 0 aromatic rings. The molecule has 4 nitrogen and oxygen atoms in total. The zero-order valence-electron chi connectivity index (χ0n) is 11.5. The van der Waals surface area contributed by atoms with Crippen LogP contribution >= 0.6 is 0 Å². The maximum atomic E-state index is 13.2. The van der Waals surface area contributed by atoms with Gasteiger partial charge in [-0.1, -0.05) is 45.4 Å². The summed E-state index contributed by atoms with van der Waals surface area (Å²) in [5.41, 5.74) is -2.02. The van der Waals surface area contributed by atoms with Gasteiger partial charge in [0, 0.05) is 6.42 Å². The quantitative estimate of drug-likeness (QED) is 0.432. The lowest BCUT2D eigenvalue weighted by atomic mass is 10.1. The predicted molar refractivity (Wildman–Crippen MR) is 67.8 cm³/mol. The molecule has 0 fully saturated rings. The first-order chi connectivity index (χ1) is 8.69. The van der Waals surface area contributed by atoms with E-state index in [1.54, 1.807) is 0 Å². The number of halogens is 2. The molecule has 0 aliphatic heterocycles. The topological polar surface area (TPSA) is 66.4 Å². The molecule has 0 aliphatic rings. The second-order valence-corrected chi connectivity index (χ2v) is 6.34. The molecule has 1 unspecified atom stereocenters. The van der Waals surface area contributed by atoms with Gasteiger partial charge in [-0.3, -0.25) is 0 Å². The van der Waals surface area contributed by atoms with Crippen molar-refractivity contribution in [3.8, 4) is 0 Å². The largest absolute Gasteiger partial charge is 0.746 e. The van der Waals surface area contributed by atoms with E-state index in [1.165, 1.54) is 0 Å². The van der Waals surface area contributed by atoms with Gasteiger partial charge in [0.05, 0.1) is 0 Å². The van der Waals surface area contributed by atoms with Gasteiger partial charge in [0.15, 0.2) is 5.44 Å². The number of rotatable bonds is 11. The highest BCUT2D eigenvalue weighted by Gasteiger charge is 2.33. The number of unbranched alkanes of at least 4 members (excludes halogenated alkanes) is 6. The lowest BCUT2D eigenvalue weighted by Gasteiger charge is -2.23. The summed E-state index contributed by atoms with van der Waals surface area (Å²) in [6.07, 6.45) is 2.09. The van der Waals surface area contributed by atoms with Crippen LogP contribution in [0.5, 0.6) is 0 Å². The first-order valence-corrected chi connectivity index (χ1v) is 8.16. The van der Waals surface area contributed by atoms with E-state index in [0.29, 0.717) is 6.42 Å². The van der Waals surface area contributed by atoms with E-state index in [0.717, 1.165) is 39.0 Å². The zero-order chi connectivity index (χ0) is 14.9. The fourth-order valence-electron chi connectivity index (χ4n) is 1.65. The maximum Gasteiger partial charge on any atom is 0.356 e. The van der Waals surface area contributed by atoms with Crippen molar-refractivity contribution in [2.45, 2.75) is 76.8 Å². The van der Waals surface area contributed by atoms with Crippen LogP contribution in [0.1, 0.15) is 65.2 Å². The summed E-state index contributed by atoms with van der Waals surface area (Å²) in [6.45, 7) is 2.92. The van der Waals surface area contributed by atoms with Crippen LogP contribution in [0.3, 0.4) is 0 Å². The summed E-state index contributed by atoms with van der Waals surface area (Å²) in [6, 6.07) is 0. The Balaban J connectivity index is 3.79. The van der Waals surface area contributed by atoms with Crippen molar-refractivity contribution in [1.29, 1.82) is 0 Å². The SMILES string of the molecule is CCCCCCCCCC(F)(F)OC(C)S(=O)(=O)[O-]. The van der Waals surface area contributed by atoms with Gasteiger partial charge >= 0.3 is 6.11 Å². The summed E-state index contributed by atoms with van der Waals surface area (Å²) >= 11 is 0. The van der Waals surface area contributed by atoms with E-state index in [4.69, 9.17) is 0 Å². The van der Waals surface area contributed by atoms with Crippen molar-refractivity contribution >= 4 is 10.1 Å². The lowest BCUT2D eigenvalue weighted by molar-refractivity contribution is -0.249. The highest BCUT2D eigenvalue weighted by Crippen LogP contribution is 2.26. The summed E-state index contributed by atoms with van der Waals surface area (Å²) in [7, 11) is -4.83. The Hall–Kier alpha value is -0.270. The van der Waals surface area contributed by atoms with Crippen molar-refractivity contribution in [3.05, 3.63) is 0 Å². The van der Waals surface area contributed by atoms with Gasteiger partial charge in [-0.15, -0.1) is 0 Å². The molecule has 0 N–H and O–H groups in total. The molecule has 19 heavy (non-hydrogen) atoms. The van der Waals surface area contributed by atoms with Crippen molar-refractivity contribution in [2.75, 3.05) is 0 Å². The van der Waals surface area contributed by atoms with Crippen molar-refractivity contribution < 1.29 is 26.5 Å². The molecule has 0 spiro atoms. The van der Waals surface area contributed by atoms with E-state index >= 15 is 0 Å². The van der Waals surface area contributed by atoms with E-state index in [1.807, 2.05) is 0 Å². The summed E-state index contributed by atoms with van der Waals surface area (Å²) in [5.74, 6) is 0. The Bertz CT molecular complexity index is 331. The average molecular weight is 301 g/mol. The molecule has 0 aromatic carbocycles. The Kier molecular flexibility index (Phi) is 8.69. The molecule has 116 valence electrons. The third-order valence-corrected chi connectivity index (χ3v) is 3.73. The Labute approximate surface area is 114 Å². The van der Waals surface area contributed by atoms with Gasteiger partial charge in [0.25, 0.3) is 0 Å². The summed E-state index contributed by atoms with van der Waals surface area (Å²) in [5, 5.41) is 0. The van der Waals surface area contributed by atoms with Gasteiger partial charge in [-0.2, -0.15) is 8.78 Å². The lowest BCUT2D eigenvalue weighted by Crippen LogP contribution is -2.31. The Morgan fingerprint density at radius 1 is 1.11 bits per heavy atom. The van der Waals surface area contributed by atoms with Gasteiger partial charge in [-0.25, -0.2) is 8.42 Å². The van der Waals surface area contributed by atoms with Crippen LogP contribution in [0.25, 0.3) is 0 Å². The Morgan fingerprint density at radius 3 is 2.05 bits per heavy atom.